The molecule has 0 aromatic heterocycles. The summed E-state index contributed by atoms with van der Waals surface area (Å²) in [6.07, 6.45) is 79.5. The summed E-state index contributed by atoms with van der Waals surface area (Å²) in [4.78, 5) is 12.5. The maximum Gasteiger partial charge on any atom is 0.220 e. The van der Waals surface area contributed by atoms with Crippen molar-refractivity contribution in [3.8, 4) is 0 Å². The molecule has 0 heterocycles. The molecule has 0 aliphatic heterocycles. The van der Waals surface area contributed by atoms with Gasteiger partial charge in [0.1, 0.15) is 0 Å². The number of allylic oxidation sites excluding steroid dienone is 3. The number of carbonyl (C=O) groups excluding carboxylic acids is 1. The van der Waals surface area contributed by atoms with E-state index in [-0.39, 0.29) is 12.5 Å². The smallest absolute Gasteiger partial charge is 0.220 e. The van der Waals surface area contributed by atoms with Gasteiger partial charge in [0.05, 0.1) is 18.8 Å². The Bertz CT molecular complexity index is 978. The van der Waals surface area contributed by atoms with Gasteiger partial charge in [0.2, 0.25) is 5.91 Å². The summed E-state index contributed by atoms with van der Waals surface area (Å²) in [6, 6.07) is -0.637. The van der Waals surface area contributed by atoms with Crippen molar-refractivity contribution in [2.24, 2.45) is 0 Å². The van der Waals surface area contributed by atoms with Gasteiger partial charge in [-0.3, -0.25) is 4.79 Å². The lowest BCUT2D eigenvalue weighted by Crippen LogP contribution is -2.45. The number of aliphatic hydroxyl groups is 2. The number of hydrogen-bond donors (Lipinski definition) is 3. The third-order valence-electron chi connectivity index (χ3n) is 14.7. The monoisotopic (exact) mass is 942 g/mol. The van der Waals surface area contributed by atoms with E-state index in [0.717, 1.165) is 32.1 Å². The number of aliphatic hydroxyl groups excluding tert-OH is 2. The fourth-order valence-electron chi connectivity index (χ4n) is 9.97. The minimum atomic E-state index is -0.860. The quantitative estimate of drug-likeness (QED) is 0.0420. The average molecular weight is 943 g/mol. The Kier molecular flexibility index (Phi) is 58.2. The van der Waals surface area contributed by atoms with Crippen LogP contribution in [0.2, 0.25) is 0 Å². The molecule has 0 saturated heterocycles. The van der Waals surface area contributed by atoms with Crippen LogP contribution in [0, 0.1) is 0 Å². The molecule has 0 spiro atoms. The fraction of sp³-hybridized carbons (Fsp3) is 0.921. The standard InChI is InChI=1S/C63H123NO3/c1-3-5-7-9-11-13-15-17-19-21-23-25-27-29-31-33-35-37-39-41-43-45-47-49-51-53-55-57-59-63(67)64-61(60-65)62(66)58-56-54-52-50-48-46-44-42-40-38-36-34-32-30-28-26-24-22-20-18-16-14-12-10-8-6-4-2/h48,50,56,58,61-62,65-66H,3-47,49,51-55,57,59-60H2,1-2H3,(H,64,67)/b50-48+,58-56+. The Morgan fingerprint density at radius 2 is 0.582 bits per heavy atom. The van der Waals surface area contributed by atoms with Crippen LogP contribution in [-0.4, -0.2) is 34.9 Å². The molecule has 0 aromatic rings. The van der Waals surface area contributed by atoms with E-state index in [9.17, 15) is 15.0 Å². The highest BCUT2D eigenvalue weighted by atomic mass is 16.3. The van der Waals surface area contributed by atoms with Gasteiger partial charge in [0, 0.05) is 6.42 Å². The Morgan fingerprint density at radius 1 is 0.343 bits per heavy atom. The van der Waals surface area contributed by atoms with Crippen molar-refractivity contribution in [2.45, 2.75) is 366 Å². The maximum absolute atomic E-state index is 12.5. The third kappa shape index (κ3) is 55.7. The molecule has 3 N–H and O–H groups in total. The molecule has 0 saturated carbocycles. The molecule has 0 radical (unpaired) electrons. The molecule has 0 bridgehead atoms. The van der Waals surface area contributed by atoms with Crippen molar-refractivity contribution < 1.29 is 15.0 Å². The van der Waals surface area contributed by atoms with Crippen LogP contribution in [0.5, 0.6) is 0 Å². The average Bonchev–Trinajstić information content (AvgIpc) is 3.33. The van der Waals surface area contributed by atoms with E-state index < -0.39 is 12.1 Å². The van der Waals surface area contributed by atoms with E-state index in [4.69, 9.17) is 0 Å². The molecule has 2 unspecified atom stereocenters. The summed E-state index contributed by atoms with van der Waals surface area (Å²) in [6.45, 7) is 4.35. The van der Waals surface area contributed by atoms with Crippen molar-refractivity contribution >= 4 is 5.91 Å². The number of rotatable bonds is 58. The van der Waals surface area contributed by atoms with E-state index in [1.165, 1.54) is 302 Å². The molecule has 398 valence electrons. The van der Waals surface area contributed by atoms with Crippen LogP contribution < -0.4 is 5.32 Å². The summed E-state index contributed by atoms with van der Waals surface area (Å²) in [7, 11) is 0. The Labute approximate surface area is 421 Å². The first-order valence-electron chi connectivity index (χ1n) is 31.1. The second-order valence-electron chi connectivity index (χ2n) is 21.5. The predicted octanol–water partition coefficient (Wildman–Crippen LogP) is 20.7. The number of carbonyl (C=O) groups is 1. The van der Waals surface area contributed by atoms with Crippen LogP contribution in [0.15, 0.2) is 24.3 Å². The molecule has 67 heavy (non-hydrogen) atoms. The molecule has 0 rings (SSSR count). The summed E-state index contributed by atoms with van der Waals surface area (Å²) >= 11 is 0. The molecular weight excluding hydrogens is 819 g/mol. The van der Waals surface area contributed by atoms with Crippen LogP contribution in [0.1, 0.15) is 354 Å². The number of hydrogen-bond acceptors (Lipinski definition) is 3. The zero-order chi connectivity index (χ0) is 48.5. The first-order valence-corrected chi connectivity index (χ1v) is 31.1. The summed E-state index contributed by atoms with van der Waals surface area (Å²) < 4.78 is 0. The van der Waals surface area contributed by atoms with Crippen molar-refractivity contribution in [3.63, 3.8) is 0 Å². The van der Waals surface area contributed by atoms with Crippen LogP contribution >= 0.6 is 0 Å². The highest BCUT2D eigenvalue weighted by Gasteiger charge is 2.18. The Morgan fingerprint density at radius 3 is 0.866 bits per heavy atom. The number of nitrogens with one attached hydrogen (secondary N) is 1. The van der Waals surface area contributed by atoms with Gasteiger partial charge >= 0.3 is 0 Å². The predicted molar refractivity (Wildman–Crippen MR) is 299 cm³/mol. The second-order valence-corrected chi connectivity index (χ2v) is 21.5. The highest BCUT2D eigenvalue weighted by molar-refractivity contribution is 5.76. The van der Waals surface area contributed by atoms with Crippen molar-refractivity contribution in [2.75, 3.05) is 6.61 Å². The van der Waals surface area contributed by atoms with E-state index >= 15 is 0 Å². The molecule has 0 aliphatic carbocycles. The van der Waals surface area contributed by atoms with Gasteiger partial charge < -0.3 is 15.5 Å². The first kappa shape index (κ1) is 65.9. The summed E-state index contributed by atoms with van der Waals surface area (Å²) in [5.74, 6) is -0.0653. The van der Waals surface area contributed by atoms with Crippen LogP contribution in [0.4, 0.5) is 0 Å². The van der Waals surface area contributed by atoms with E-state index in [0.29, 0.717) is 6.42 Å². The van der Waals surface area contributed by atoms with Gasteiger partial charge in [-0.1, -0.05) is 340 Å². The third-order valence-corrected chi connectivity index (χ3v) is 14.7. The molecule has 4 nitrogen and oxygen atoms in total. The normalized spacial score (nSPS) is 12.8. The van der Waals surface area contributed by atoms with Gasteiger partial charge in [0.25, 0.3) is 0 Å². The largest absolute Gasteiger partial charge is 0.394 e. The topological polar surface area (TPSA) is 69.6 Å². The highest BCUT2D eigenvalue weighted by Crippen LogP contribution is 2.18. The van der Waals surface area contributed by atoms with Crippen molar-refractivity contribution in [3.05, 3.63) is 24.3 Å². The SMILES string of the molecule is CCCCCCCCCCCCCCCCCCCCCCC/C=C/CC/C=C/C(O)C(CO)NC(=O)CCCCCCCCCCCCCCCCCCCCCCCCCCCCCC. The minimum Gasteiger partial charge on any atom is -0.394 e. The maximum atomic E-state index is 12.5. The van der Waals surface area contributed by atoms with Gasteiger partial charge in [0.15, 0.2) is 0 Å². The first-order chi connectivity index (χ1) is 33.2. The second kappa shape index (κ2) is 59.2. The van der Waals surface area contributed by atoms with E-state index in [2.05, 4.69) is 31.3 Å². The summed E-state index contributed by atoms with van der Waals surface area (Å²) in [5, 5.41) is 23.2. The molecular formula is C63H123NO3. The molecule has 0 aliphatic rings. The lowest BCUT2D eigenvalue weighted by Gasteiger charge is -2.19. The Balaban J connectivity index is 3.46. The van der Waals surface area contributed by atoms with Crippen molar-refractivity contribution in [1.82, 2.24) is 5.32 Å². The molecule has 0 aromatic carbocycles. The van der Waals surface area contributed by atoms with Gasteiger partial charge in [-0.15, -0.1) is 0 Å². The van der Waals surface area contributed by atoms with Crippen molar-refractivity contribution in [1.29, 1.82) is 0 Å². The molecule has 4 heteroatoms. The lowest BCUT2D eigenvalue weighted by atomic mass is 10.0. The lowest BCUT2D eigenvalue weighted by molar-refractivity contribution is -0.123. The zero-order valence-electron chi connectivity index (χ0n) is 46.0. The minimum absolute atomic E-state index is 0.0653. The van der Waals surface area contributed by atoms with E-state index in [1.807, 2.05) is 6.08 Å². The van der Waals surface area contributed by atoms with Gasteiger partial charge in [-0.2, -0.15) is 0 Å². The summed E-state index contributed by atoms with van der Waals surface area (Å²) in [5.41, 5.74) is 0. The van der Waals surface area contributed by atoms with E-state index in [1.54, 1.807) is 6.08 Å². The number of amides is 1. The fourth-order valence-corrected chi connectivity index (χ4v) is 9.97. The zero-order valence-corrected chi connectivity index (χ0v) is 46.0. The molecule has 1 amide bonds. The van der Waals surface area contributed by atoms with Gasteiger partial charge in [-0.05, 0) is 32.1 Å². The molecule has 2 atom stereocenters. The van der Waals surface area contributed by atoms with Crippen LogP contribution in [0.3, 0.4) is 0 Å². The van der Waals surface area contributed by atoms with Crippen LogP contribution in [0.25, 0.3) is 0 Å². The molecule has 0 fully saturated rings. The number of unbranched alkanes of at least 4 members (excludes halogenated alkanes) is 49. The van der Waals surface area contributed by atoms with Crippen LogP contribution in [-0.2, 0) is 4.79 Å². The van der Waals surface area contributed by atoms with Gasteiger partial charge in [-0.25, -0.2) is 0 Å². The Hall–Kier alpha value is -1.13.